The molecule has 3 aromatic heterocycles. The molecule has 0 aliphatic carbocycles. The standard InChI is InChI=1S/C35H43N9O4/c1-22(2)32-34(48)41-28(16-25-9-6-5-7-10-25)19-43(31(46)13-12-29-23(3)40-35-38-21-39-44(35)24(29)4)20-30(45)37-14-8-11-26-15-27(18-36-17-26)33(47)42-32/h5-7,9-10,15,17-18,21-22,28,32H,8,11-14,16,19-20H2,1-4H3,(H,37,45)(H,41,48)(H,42,47)/t28-,32-/m1/s1. The number of amides is 4. The van der Waals surface area contributed by atoms with E-state index in [-0.39, 0.29) is 43.1 Å². The highest BCUT2D eigenvalue weighted by Gasteiger charge is 2.29. The first-order chi connectivity index (χ1) is 23.1. The Bertz CT molecular complexity index is 1770. The molecule has 2 atom stereocenters. The number of carbonyl (C=O) groups is 4. The average Bonchev–Trinajstić information content (AvgIpc) is 3.53. The molecule has 3 N–H and O–H groups in total. The number of nitrogens with one attached hydrogen (secondary N) is 3. The van der Waals surface area contributed by atoms with Crippen LogP contribution in [0.15, 0.2) is 55.1 Å². The number of aromatic nitrogens is 5. The number of fused-ring (bicyclic) bond motifs is 3. The van der Waals surface area contributed by atoms with Gasteiger partial charge in [-0.2, -0.15) is 10.1 Å². The Morgan fingerprint density at radius 2 is 1.85 bits per heavy atom. The van der Waals surface area contributed by atoms with E-state index in [1.807, 2.05) is 58.0 Å². The molecule has 0 fully saturated rings. The van der Waals surface area contributed by atoms with Gasteiger partial charge in [0.1, 0.15) is 12.4 Å². The summed E-state index contributed by atoms with van der Waals surface area (Å²) in [5.74, 6) is -1.02. The van der Waals surface area contributed by atoms with Crippen LogP contribution < -0.4 is 16.0 Å². The van der Waals surface area contributed by atoms with Gasteiger partial charge in [-0.3, -0.25) is 24.2 Å². The Morgan fingerprint density at radius 1 is 1.06 bits per heavy atom. The third-order valence-corrected chi connectivity index (χ3v) is 8.63. The minimum absolute atomic E-state index is 0.0919. The number of rotatable bonds is 6. The molecular weight excluding hydrogens is 610 g/mol. The second-order valence-corrected chi connectivity index (χ2v) is 12.6. The van der Waals surface area contributed by atoms with E-state index in [9.17, 15) is 19.2 Å². The third-order valence-electron chi connectivity index (χ3n) is 8.63. The first-order valence-electron chi connectivity index (χ1n) is 16.4. The molecule has 2 bridgehead atoms. The summed E-state index contributed by atoms with van der Waals surface area (Å²) in [4.78, 5) is 68.8. The molecule has 1 aliphatic heterocycles. The normalized spacial score (nSPS) is 18.3. The van der Waals surface area contributed by atoms with Gasteiger partial charge in [-0.1, -0.05) is 44.2 Å². The first kappa shape index (κ1) is 34.1. The van der Waals surface area contributed by atoms with Crippen molar-refractivity contribution in [3.8, 4) is 0 Å². The number of pyridine rings is 1. The molecule has 48 heavy (non-hydrogen) atoms. The summed E-state index contributed by atoms with van der Waals surface area (Å²) in [7, 11) is 0. The quantitative estimate of drug-likeness (QED) is 0.285. The summed E-state index contributed by atoms with van der Waals surface area (Å²) >= 11 is 0. The molecule has 4 aromatic rings. The number of hydrogen-bond acceptors (Lipinski definition) is 8. The maximum Gasteiger partial charge on any atom is 0.253 e. The Kier molecular flexibility index (Phi) is 11.1. The van der Waals surface area contributed by atoms with Crippen molar-refractivity contribution in [3.63, 3.8) is 0 Å². The summed E-state index contributed by atoms with van der Waals surface area (Å²) in [6, 6.07) is 10.0. The van der Waals surface area contributed by atoms with Gasteiger partial charge >= 0.3 is 0 Å². The molecular formula is C35H43N9O4. The summed E-state index contributed by atoms with van der Waals surface area (Å²) in [5, 5.41) is 13.2. The molecule has 0 spiro atoms. The monoisotopic (exact) mass is 653 g/mol. The fraction of sp³-hybridized carbons (Fsp3) is 0.429. The second-order valence-electron chi connectivity index (χ2n) is 12.6. The van der Waals surface area contributed by atoms with Gasteiger partial charge in [0.15, 0.2) is 0 Å². The maximum atomic E-state index is 14.0. The molecule has 0 radical (unpaired) electrons. The van der Waals surface area contributed by atoms with Gasteiger partial charge in [0.2, 0.25) is 17.7 Å². The summed E-state index contributed by atoms with van der Waals surface area (Å²) in [6.45, 7) is 7.84. The zero-order valence-electron chi connectivity index (χ0n) is 27.9. The van der Waals surface area contributed by atoms with E-state index in [0.717, 1.165) is 28.1 Å². The zero-order valence-corrected chi connectivity index (χ0v) is 27.9. The van der Waals surface area contributed by atoms with E-state index >= 15 is 0 Å². The molecule has 4 amide bonds. The SMILES string of the molecule is Cc1nc2ncnn2c(C)c1CCC(=O)N1CC(=O)NCCCc2cncc(c2)C(=O)N[C@H](C(C)C)C(=O)N[C@H](Cc2ccccc2)C1. The number of benzene rings is 1. The second kappa shape index (κ2) is 15.6. The zero-order chi connectivity index (χ0) is 34.2. The fourth-order valence-corrected chi connectivity index (χ4v) is 6.04. The first-order valence-corrected chi connectivity index (χ1v) is 16.4. The predicted octanol–water partition coefficient (Wildman–Crippen LogP) is 2.14. The van der Waals surface area contributed by atoms with Crippen LogP contribution in [0, 0.1) is 19.8 Å². The lowest BCUT2D eigenvalue weighted by atomic mass is 10.00. The van der Waals surface area contributed by atoms with Crippen LogP contribution in [-0.2, 0) is 33.6 Å². The van der Waals surface area contributed by atoms with Crippen molar-refractivity contribution in [3.05, 3.63) is 88.8 Å². The largest absolute Gasteiger partial charge is 0.355 e. The van der Waals surface area contributed by atoms with Crippen LogP contribution in [0.5, 0.6) is 0 Å². The van der Waals surface area contributed by atoms with Crippen LogP contribution in [0.2, 0.25) is 0 Å². The topological polar surface area (TPSA) is 164 Å². The van der Waals surface area contributed by atoms with E-state index in [2.05, 4.69) is 36.0 Å². The van der Waals surface area contributed by atoms with E-state index < -0.39 is 18.0 Å². The number of nitrogens with zero attached hydrogens (tertiary/aromatic N) is 6. The summed E-state index contributed by atoms with van der Waals surface area (Å²) < 4.78 is 1.65. The van der Waals surface area contributed by atoms with Gasteiger partial charge in [-0.05, 0) is 68.2 Å². The van der Waals surface area contributed by atoms with Crippen LogP contribution >= 0.6 is 0 Å². The van der Waals surface area contributed by atoms with Gasteiger partial charge in [0, 0.05) is 43.3 Å². The molecule has 13 nitrogen and oxygen atoms in total. The van der Waals surface area contributed by atoms with Crippen molar-refractivity contribution in [1.29, 1.82) is 0 Å². The Labute approximate surface area is 279 Å². The van der Waals surface area contributed by atoms with E-state index in [1.165, 1.54) is 17.4 Å². The molecule has 5 rings (SSSR count). The lowest BCUT2D eigenvalue weighted by Crippen LogP contribution is -2.55. The highest BCUT2D eigenvalue weighted by molar-refractivity contribution is 5.97. The third kappa shape index (κ3) is 8.58. The van der Waals surface area contributed by atoms with Crippen molar-refractivity contribution in [2.24, 2.45) is 5.92 Å². The molecule has 252 valence electrons. The highest BCUT2D eigenvalue weighted by Crippen LogP contribution is 2.17. The van der Waals surface area contributed by atoms with Gasteiger partial charge in [-0.25, -0.2) is 9.50 Å². The van der Waals surface area contributed by atoms with E-state index in [4.69, 9.17) is 0 Å². The van der Waals surface area contributed by atoms with Crippen molar-refractivity contribution in [1.82, 2.24) is 45.4 Å². The Morgan fingerprint density at radius 3 is 2.62 bits per heavy atom. The minimum Gasteiger partial charge on any atom is -0.355 e. The molecule has 1 aliphatic rings. The van der Waals surface area contributed by atoms with Crippen LogP contribution in [0.25, 0.3) is 5.78 Å². The molecule has 1 aromatic carbocycles. The van der Waals surface area contributed by atoms with Gasteiger partial charge < -0.3 is 20.9 Å². The van der Waals surface area contributed by atoms with Crippen LogP contribution in [0.1, 0.15) is 65.1 Å². The molecule has 0 unspecified atom stereocenters. The number of aryl methyl sites for hydroxylation is 3. The lowest BCUT2D eigenvalue weighted by molar-refractivity contribution is -0.136. The minimum atomic E-state index is -0.840. The average molecular weight is 654 g/mol. The Balaban J connectivity index is 1.43. The number of hydrogen-bond donors (Lipinski definition) is 3. The van der Waals surface area contributed by atoms with Gasteiger partial charge in [0.25, 0.3) is 11.7 Å². The van der Waals surface area contributed by atoms with Crippen LogP contribution in [-0.4, -0.2) is 84.8 Å². The van der Waals surface area contributed by atoms with Crippen molar-refractivity contribution in [2.75, 3.05) is 19.6 Å². The van der Waals surface area contributed by atoms with E-state index in [0.29, 0.717) is 43.6 Å². The summed E-state index contributed by atoms with van der Waals surface area (Å²) in [5.41, 5.74) is 4.66. The highest BCUT2D eigenvalue weighted by atomic mass is 16.2. The molecule has 0 saturated heterocycles. The molecule has 0 saturated carbocycles. The van der Waals surface area contributed by atoms with Crippen LogP contribution in [0.3, 0.4) is 0 Å². The van der Waals surface area contributed by atoms with Gasteiger partial charge in [-0.15, -0.1) is 0 Å². The van der Waals surface area contributed by atoms with Crippen LogP contribution in [0.4, 0.5) is 0 Å². The van der Waals surface area contributed by atoms with Crippen molar-refractivity contribution in [2.45, 2.75) is 71.9 Å². The van der Waals surface area contributed by atoms with Crippen molar-refractivity contribution < 1.29 is 19.2 Å². The van der Waals surface area contributed by atoms with E-state index in [1.54, 1.807) is 16.8 Å². The smallest absolute Gasteiger partial charge is 0.253 e. The lowest BCUT2D eigenvalue weighted by Gasteiger charge is -2.30. The number of carbonyl (C=O) groups excluding carboxylic acids is 4. The van der Waals surface area contributed by atoms with Gasteiger partial charge in [0.05, 0.1) is 18.2 Å². The fourth-order valence-electron chi connectivity index (χ4n) is 6.04. The summed E-state index contributed by atoms with van der Waals surface area (Å²) in [6.07, 6.45) is 6.74. The predicted molar refractivity (Wildman–Crippen MR) is 179 cm³/mol. The molecule has 13 heteroatoms. The molecule has 4 heterocycles. The van der Waals surface area contributed by atoms with Crippen molar-refractivity contribution >= 4 is 29.4 Å². The maximum absolute atomic E-state index is 14.0. The Hall–Kier alpha value is -5.20.